The lowest BCUT2D eigenvalue weighted by molar-refractivity contribution is 1.08. The molecule has 0 bridgehead atoms. The Morgan fingerprint density at radius 1 is 0.323 bits per heavy atom. The zero-order valence-corrected chi connectivity index (χ0v) is 33.3. The summed E-state index contributed by atoms with van der Waals surface area (Å²) >= 11 is 0. The Labute approximate surface area is 358 Å². The van der Waals surface area contributed by atoms with Crippen LogP contribution >= 0.6 is 0 Å². The zero-order chi connectivity index (χ0) is 41.1. The van der Waals surface area contributed by atoms with E-state index in [1.54, 1.807) is 0 Å². The van der Waals surface area contributed by atoms with Crippen LogP contribution in [-0.4, -0.2) is 19.9 Å². The van der Waals surface area contributed by atoms with Crippen LogP contribution < -0.4 is 0 Å². The van der Waals surface area contributed by atoms with Crippen molar-refractivity contribution in [1.29, 1.82) is 5.26 Å². The Morgan fingerprint density at radius 2 is 0.774 bits per heavy atom. The molecule has 1 aliphatic rings. The van der Waals surface area contributed by atoms with Crippen LogP contribution in [0.3, 0.4) is 0 Å². The molecule has 2 heterocycles. The Kier molecular flexibility index (Phi) is 8.16. The van der Waals surface area contributed by atoms with Gasteiger partial charge in [-0.1, -0.05) is 176 Å². The minimum Gasteiger partial charge on any atom is -0.256 e. The number of nitriles is 1. The van der Waals surface area contributed by atoms with Crippen molar-refractivity contribution in [3.05, 3.63) is 206 Å². The molecule has 5 heteroatoms. The lowest BCUT2D eigenvalue weighted by Crippen LogP contribution is -2.01. The molecule has 0 saturated heterocycles. The summed E-state index contributed by atoms with van der Waals surface area (Å²) in [5, 5.41) is 16.1. The zero-order valence-electron chi connectivity index (χ0n) is 33.3. The summed E-state index contributed by atoms with van der Waals surface area (Å²) < 4.78 is 0. The van der Waals surface area contributed by atoms with Crippen LogP contribution in [0.1, 0.15) is 5.56 Å². The summed E-state index contributed by atoms with van der Waals surface area (Å²) in [6.45, 7) is 0. The molecule has 0 unspecified atom stereocenters. The molecule has 0 radical (unpaired) electrons. The molecule has 0 atom stereocenters. The van der Waals surface area contributed by atoms with E-state index in [1.165, 1.54) is 33.0 Å². The molecule has 0 fully saturated rings. The average molecular weight is 788 g/mol. The maximum absolute atomic E-state index is 9.36. The summed E-state index contributed by atoms with van der Waals surface area (Å²) in [7, 11) is 0. The van der Waals surface area contributed by atoms with Crippen molar-refractivity contribution in [2.24, 2.45) is 0 Å². The highest BCUT2D eigenvalue weighted by Crippen LogP contribution is 2.54. The lowest BCUT2D eigenvalue weighted by Gasteiger charge is -2.20. The Bertz CT molecular complexity index is 3470. The molecule has 2 aromatic heterocycles. The summed E-state index contributed by atoms with van der Waals surface area (Å²) in [4.78, 5) is 20.5. The first-order valence-corrected chi connectivity index (χ1v) is 20.7. The van der Waals surface area contributed by atoms with Crippen LogP contribution in [0.2, 0.25) is 0 Å². The summed E-state index contributed by atoms with van der Waals surface area (Å²) in [6.07, 6.45) is 1.98. The maximum atomic E-state index is 9.36. The first-order chi connectivity index (χ1) is 30.7. The number of rotatable bonds is 6. The minimum absolute atomic E-state index is 0.627. The molecule has 0 amide bonds. The Morgan fingerprint density at radius 3 is 1.31 bits per heavy atom. The fourth-order valence-electron chi connectivity index (χ4n) is 9.37. The van der Waals surface area contributed by atoms with E-state index in [0.717, 1.165) is 71.7 Å². The third-order valence-electron chi connectivity index (χ3n) is 12.2. The first-order valence-electron chi connectivity index (χ1n) is 20.7. The van der Waals surface area contributed by atoms with Crippen molar-refractivity contribution in [1.82, 2.24) is 19.9 Å². The van der Waals surface area contributed by atoms with Gasteiger partial charge in [-0.05, 0) is 89.5 Å². The monoisotopic (exact) mass is 787 g/mol. The summed E-state index contributed by atoms with van der Waals surface area (Å²) in [6, 6.07) is 69.6. The van der Waals surface area contributed by atoms with Crippen molar-refractivity contribution >= 4 is 32.3 Å². The van der Waals surface area contributed by atoms with E-state index in [4.69, 9.17) is 19.9 Å². The molecular weight excluding hydrogens is 755 g/mol. The number of pyridine rings is 1. The van der Waals surface area contributed by atoms with Gasteiger partial charge in [-0.2, -0.15) is 5.26 Å². The minimum atomic E-state index is 0.627. The van der Waals surface area contributed by atoms with Crippen LogP contribution in [0.25, 0.3) is 122 Å². The molecule has 286 valence electrons. The van der Waals surface area contributed by atoms with Gasteiger partial charge in [0.2, 0.25) is 0 Å². The highest BCUT2D eigenvalue weighted by molar-refractivity contribution is 6.28. The van der Waals surface area contributed by atoms with E-state index >= 15 is 0 Å². The molecule has 12 rings (SSSR count). The van der Waals surface area contributed by atoms with Gasteiger partial charge in [-0.25, -0.2) is 15.0 Å². The van der Waals surface area contributed by atoms with Crippen molar-refractivity contribution in [2.75, 3.05) is 0 Å². The summed E-state index contributed by atoms with van der Waals surface area (Å²) in [5.41, 5.74) is 14.7. The number of aromatic nitrogens is 4. The second-order valence-corrected chi connectivity index (χ2v) is 15.6. The van der Waals surface area contributed by atoms with E-state index < -0.39 is 0 Å². The SMILES string of the molecule is N#Cc1ccc(-c2ccc(-c3ccc4c5c(ccc(-c6c7ccccc7c(-c7nc(-c8ccccc8)nc(-c8ccccc8)n7)c7ccccc67)c35)-c3ccccc3-4)cn2)cc1. The first kappa shape index (κ1) is 35.4. The van der Waals surface area contributed by atoms with Gasteiger partial charge in [0.15, 0.2) is 17.5 Å². The van der Waals surface area contributed by atoms with Crippen molar-refractivity contribution in [3.63, 3.8) is 0 Å². The van der Waals surface area contributed by atoms with Crippen LogP contribution in [0.15, 0.2) is 200 Å². The van der Waals surface area contributed by atoms with Gasteiger partial charge in [0, 0.05) is 34.0 Å². The fraction of sp³-hybridized carbons (Fsp3) is 0. The molecule has 0 spiro atoms. The lowest BCUT2D eigenvalue weighted by atomic mass is 9.83. The smallest absolute Gasteiger partial charge is 0.165 e. The predicted molar refractivity (Wildman–Crippen MR) is 252 cm³/mol. The molecule has 0 saturated carbocycles. The number of fused-ring (bicyclic) bond motifs is 5. The van der Waals surface area contributed by atoms with Gasteiger partial charge < -0.3 is 0 Å². The molecule has 0 N–H and O–H groups in total. The normalized spacial score (nSPS) is 11.5. The van der Waals surface area contributed by atoms with Crippen LogP contribution in [0.5, 0.6) is 0 Å². The van der Waals surface area contributed by atoms with Crippen molar-refractivity contribution < 1.29 is 0 Å². The number of hydrogen-bond donors (Lipinski definition) is 0. The van der Waals surface area contributed by atoms with E-state index in [9.17, 15) is 5.26 Å². The number of nitrogens with zero attached hydrogens (tertiary/aromatic N) is 5. The van der Waals surface area contributed by atoms with Crippen molar-refractivity contribution in [2.45, 2.75) is 0 Å². The highest BCUT2D eigenvalue weighted by Gasteiger charge is 2.27. The van der Waals surface area contributed by atoms with Crippen molar-refractivity contribution in [3.8, 4) is 96.0 Å². The van der Waals surface area contributed by atoms with Crippen LogP contribution in [0, 0.1) is 11.3 Å². The van der Waals surface area contributed by atoms with Gasteiger partial charge >= 0.3 is 0 Å². The largest absolute Gasteiger partial charge is 0.256 e. The molecule has 62 heavy (non-hydrogen) atoms. The van der Waals surface area contributed by atoms with Crippen LogP contribution in [-0.2, 0) is 0 Å². The van der Waals surface area contributed by atoms with Gasteiger partial charge in [-0.15, -0.1) is 0 Å². The standard InChI is InChI=1S/C57H33N5/c58-33-35-23-25-36(26-24-35)50-32-27-39(34-59-50)40-28-29-47-41-17-7-8-18-42(41)48-30-31-49(52(40)53(47)48)51-43-19-9-11-21-45(43)54(46-22-12-10-20-44(46)51)57-61-55(37-13-3-1-4-14-37)60-56(62-57)38-15-5-2-6-16-38/h1-32,34H. The fourth-order valence-corrected chi connectivity index (χ4v) is 9.37. The van der Waals surface area contributed by atoms with E-state index in [-0.39, 0.29) is 0 Å². The third-order valence-corrected chi connectivity index (χ3v) is 12.2. The van der Waals surface area contributed by atoms with Crippen LogP contribution in [0.4, 0.5) is 0 Å². The number of hydrogen-bond acceptors (Lipinski definition) is 5. The van der Waals surface area contributed by atoms with E-state index in [2.05, 4.69) is 140 Å². The topological polar surface area (TPSA) is 75.3 Å². The second-order valence-electron chi connectivity index (χ2n) is 15.6. The third kappa shape index (κ3) is 5.62. The number of benzene rings is 9. The second kappa shape index (κ2) is 14.3. The molecular formula is C57H33N5. The highest BCUT2D eigenvalue weighted by atomic mass is 15.0. The average Bonchev–Trinajstić information content (AvgIpc) is 3.68. The van der Waals surface area contributed by atoms with E-state index in [0.29, 0.717) is 23.0 Å². The predicted octanol–water partition coefficient (Wildman–Crippen LogP) is 14.2. The molecule has 5 nitrogen and oxygen atoms in total. The van der Waals surface area contributed by atoms with E-state index in [1.807, 2.05) is 66.9 Å². The van der Waals surface area contributed by atoms with Gasteiger partial charge in [0.1, 0.15) is 0 Å². The van der Waals surface area contributed by atoms with Gasteiger partial charge in [0.05, 0.1) is 17.3 Å². The van der Waals surface area contributed by atoms with Gasteiger partial charge in [0.25, 0.3) is 0 Å². The van der Waals surface area contributed by atoms with Gasteiger partial charge in [-0.3, -0.25) is 4.98 Å². The Balaban J connectivity index is 1.14. The summed E-state index contributed by atoms with van der Waals surface area (Å²) in [5.74, 6) is 1.88. The molecule has 1 aliphatic carbocycles. The molecule has 11 aromatic rings. The maximum Gasteiger partial charge on any atom is 0.165 e. The Hall–Kier alpha value is -8.59. The molecule has 9 aromatic carbocycles. The quantitative estimate of drug-likeness (QED) is 0.157. The molecule has 0 aliphatic heterocycles.